The third-order valence-corrected chi connectivity index (χ3v) is 4.51. The predicted molar refractivity (Wildman–Crippen MR) is 102 cm³/mol. The maximum absolute atomic E-state index is 13.1. The lowest BCUT2D eigenvalue weighted by Crippen LogP contribution is -2.50. The van der Waals surface area contributed by atoms with E-state index >= 15 is 0 Å². The Morgan fingerprint density at radius 1 is 1.36 bits per heavy atom. The number of nitrogens with zero attached hydrogens (tertiary/aromatic N) is 1. The normalized spacial score (nSPS) is 11.7. The number of nitrogens with one attached hydrogen (secondary N) is 1. The first-order valence-corrected chi connectivity index (χ1v) is 9.66. The van der Waals surface area contributed by atoms with E-state index in [1.165, 1.54) is 0 Å². The minimum Gasteiger partial charge on any atom is -0.357 e. The third kappa shape index (κ3) is 6.17. The van der Waals surface area contributed by atoms with Gasteiger partial charge in [-0.05, 0) is 62.1 Å². The Balaban J connectivity index is 3.21. The zero-order valence-electron chi connectivity index (χ0n) is 15.1. The number of rotatable bonds is 10. The quantitative estimate of drug-likeness (QED) is 0.613. The van der Waals surface area contributed by atoms with E-state index < -0.39 is 6.04 Å². The van der Waals surface area contributed by atoms with Crippen molar-refractivity contribution in [3.8, 4) is 0 Å². The first-order valence-electron chi connectivity index (χ1n) is 8.26. The largest absolute Gasteiger partial charge is 0.357 e. The SMILES string of the molecule is CNC(=O)C(CCSC)N(CCCN)C(=O)c1cc(C)cc(C=O)c1. The molecule has 0 aliphatic rings. The van der Waals surface area contributed by atoms with E-state index in [4.69, 9.17) is 5.73 Å². The van der Waals surface area contributed by atoms with Crippen LogP contribution in [-0.2, 0) is 4.79 Å². The van der Waals surface area contributed by atoms with Crippen LogP contribution in [0, 0.1) is 6.92 Å². The molecule has 2 amide bonds. The molecule has 1 atom stereocenters. The van der Waals surface area contributed by atoms with Crippen LogP contribution in [-0.4, -0.2) is 61.2 Å². The Morgan fingerprint density at radius 2 is 2.08 bits per heavy atom. The molecule has 3 N–H and O–H groups in total. The van der Waals surface area contributed by atoms with E-state index in [2.05, 4.69) is 5.32 Å². The second-order valence-electron chi connectivity index (χ2n) is 5.80. The Kier molecular flexibility index (Phi) is 9.23. The third-order valence-electron chi connectivity index (χ3n) is 3.87. The summed E-state index contributed by atoms with van der Waals surface area (Å²) in [6.45, 7) is 2.66. The molecule has 6 nitrogen and oxygen atoms in total. The van der Waals surface area contributed by atoms with Crippen LogP contribution < -0.4 is 11.1 Å². The van der Waals surface area contributed by atoms with Crippen LogP contribution in [0.3, 0.4) is 0 Å². The molecule has 0 aliphatic heterocycles. The van der Waals surface area contributed by atoms with Crippen molar-refractivity contribution in [2.24, 2.45) is 5.73 Å². The minimum absolute atomic E-state index is 0.192. The Labute approximate surface area is 153 Å². The number of thioether (sulfide) groups is 1. The number of carbonyl (C=O) groups is 3. The lowest BCUT2D eigenvalue weighted by atomic mass is 10.0. The second kappa shape index (κ2) is 10.9. The molecular formula is C18H27N3O3S. The maximum Gasteiger partial charge on any atom is 0.254 e. The highest BCUT2D eigenvalue weighted by Gasteiger charge is 2.29. The maximum atomic E-state index is 13.1. The molecular weight excluding hydrogens is 338 g/mol. The van der Waals surface area contributed by atoms with Gasteiger partial charge >= 0.3 is 0 Å². The summed E-state index contributed by atoms with van der Waals surface area (Å²) in [7, 11) is 1.57. The van der Waals surface area contributed by atoms with E-state index in [0.717, 1.165) is 17.6 Å². The van der Waals surface area contributed by atoms with Crippen molar-refractivity contribution in [2.45, 2.75) is 25.8 Å². The van der Waals surface area contributed by atoms with Crippen LogP contribution in [0.2, 0.25) is 0 Å². The molecule has 0 saturated heterocycles. The van der Waals surface area contributed by atoms with Gasteiger partial charge in [-0.2, -0.15) is 11.8 Å². The summed E-state index contributed by atoms with van der Waals surface area (Å²) in [5.74, 6) is 0.315. The molecule has 0 radical (unpaired) electrons. The topological polar surface area (TPSA) is 92.5 Å². The molecule has 0 aromatic heterocycles. The molecule has 0 spiro atoms. The number of aryl methyl sites for hydroxylation is 1. The lowest BCUT2D eigenvalue weighted by Gasteiger charge is -2.31. The van der Waals surface area contributed by atoms with Crippen LogP contribution in [0.4, 0.5) is 0 Å². The summed E-state index contributed by atoms with van der Waals surface area (Å²) in [6.07, 6.45) is 3.84. The van der Waals surface area contributed by atoms with Gasteiger partial charge in [0.25, 0.3) is 5.91 Å². The molecule has 1 rings (SSSR count). The van der Waals surface area contributed by atoms with E-state index in [1.807, 2.05) is 13.2 Å². The summed E-state index contributed by atoms with van der Waals surface area (Å²) < 4.78 is 0. The Bertz CT molecular complexity index is 607. The van der Waals surface area contributed by atoms with Gasteiger partial charge in [0.05, 0.1) is 0 Å². The fourth-order valence-corrected chi connectivity index (χ4v) is 3.11. The van der Waals surface area contributed by atoms with Crippen LogP contribution >= 0.6 is 11.8 Å². The van der Waals surface area contributed by atoms with E-state index in [1.54, 1.807) is 41.9 Å². The van der Waals surface area contributed by atoms with Crippen molar-refractivity contribution in [2.75, 3.05) is 32.1 Å². The van der Waals surface area contributed by atoms with Crippen molar-refractivity contribution in [1.29, 1.82) is 0 Å². The Hall–Kier alpha value is -1.86. The zero-order valence-corrected chi connectivity index (χ0v) is 15.9. The van der Waals surface area contributed by atoms with E-state index in [-0.39, 0.29) is 11.8 Å². The van der Waals surface area contributed by atoms with Gasteiger partial charge in [-0.25, -0.2) is 0 Å². The van der Waals surface area contributed by atoms with E-state index in [0.29, 0.717) is 37.1 Å². The van der Waals surface area contributed by atoms with Crippen LogP contribution in [0.15, 0.2) is 18.2 Å². The first kappa shape index (κ1) is 21.2. The van der Waals surface area contributed by atoms with Gasteiger partial charge in [0.1, 0.15) is 12.3 Å². The van der Waals surface area contributed by atoms with Gasteiger partial charge in [0.2, 0.25) is 5.91 Å². The standard InChI is InChI=1S/C18H27N3O3S/c1-13-9-14(12-22)11-15(10-13)18(24)21(7-4-6-19)16(5-8-25-3)17(23)20-2/h9-12,16H,4-8,19H2,1-3H3,(H,20,23). The molecule has 1 unspecified atom stereocenters. The molecule has 0 heterocycles. The molecule has 138 valence electrons. The van der Waals surface area contributed by atoms with Gasteiger partial charge < -0.3 is 16.0 Å². The lowest BCUT2D eigenvalue weighted by molar-refractivity contribution is -0.125. The Morgan fingerprint density at radius 3 is 2.64 bits per heavy atom. The smallest absolute Gasteiger partial charge is 0.254 e. The number of hydrogen-bond acceptors (Lipinski definition) is 5. The summed E-state index contributed by atoms with van der Waals surface area (Å²) in [6, 6.07) is 4.46. The number of likely N-dealkylation sites (N-methyl/N-ethyl adjacent to an activating group) is 1. The van der Waals surface area contributed by atoms with Crippen molar-refractivity contribution in [3.63, 3.8) is 0 Å². The molecule has 1 aromatic carbocycles. The minimum atomic E-state index is -0.559. The van der Waals surface area contributed by atoms with Crippen LogP contribution in [0.5, 0.6) is 0 Å². The van der Waals surface area contributed by atoms with Crippen molar-refractivity contribution >= 4 is 29.9 Å². The second-order valence-corrected chi connectivity index (χ2v) is 6.79. The fourth-order valence-electron chi connectivity index (χ4n) is 2.66. The van der Waals surface area contributed by atoms with Crippen molar-refractivity contribution in [1.82, 2.24) is 10.2 Å². The summed E-state index contributed by atoms with van der Waals surface area (Å²) in [5.41, 5.74) is 7.29. The number of benzene rings is 1. The highest BCUT2D eigenvalue weighted by atomic mass is 32.2. The highest BCUT2D eigenvalue weighted by Crippen LogP contribution is 2.16. The van der Waals surface area contributed by atoms with Gasteiger partial charge in [0, 0.05) is 24.7 Å². The molecule has 0 fully saturated rings. The molecule has 0 aliphatic carbocycles. The molecule has 1 aromatic rings. The van der Waals surface area contributed by atoms with Gasteiger partial charge in [0.15, 0.2) is 0 Å². The van der Waals surface area contributed by atoms with Crippen molar-refractivity contribution in [3.05, 3.63) is 34.9 Å². The first-order chi connectivity index (χ1) is 12.0. The number of amides is 2. The summed E-state index contributed by atoms with van der Waals surface area (Å²) in [5, 5.41) is 2.64. The van der Waals surface area contributed by atoms with Gasteiger partial charge in [-0.3, -0.25) is 14.4 Å². The zero-order chi connectivity index (χ0) is 18.8. The number of nitrogens with two attached hydrogens (primary N) is 1. The number of carbonyl (C=O) groups excluding carboxylic acids is 3. The monoisotopic (exact) mass is 365 g/mol. The number of hydrogen-bond donors (Lipinski definition) is 2. The summed E-state index contributed by atoms with van der Waals surface area (Å²) in [4.78, 5) is 38.1. The summed E-state index contributed by atoms with van der Waals surface area (Å²) >= 11 is 1.63. The molecule has 0 bridgehead atoms. The van der Waals surface area contributed by atoms with Crippen molar-refractivity contribution < 1.29 is 14.4 Å². The molecule has 7 heteroatoms. The fraction of sp³-hybridized carbons (Fsp3) is 0.500. The van der Waals surface area contributed by atoms with Crippen LogP contribution in [0.25, 0.3) is 0 Å². The molecule has 25 heavy (non-hydrogen) atoms. The van der Waals surface area contributed by atoms with E-state index in [9.17, 15) is 14.4 Å². The average Bonchev–Trinajstić information content (AvgIpc) is 2.62. The van der Waals surface area contributed by atoms with Gasteiger partial charge in [-0.1, -0.05) is 0 Å². The predicted octanol–water partition coefficient (Wildman–Crippen LogP) is 1.47. The number of aldehydes is 1. The average molecular weight is 365 g/mol. The van der Waals surface area contributed by atoms with Gasteiger partial charge in [-0.15, -0.1) is 0 Å². The molecule has 0 saturated carbocycles. The highest BCUT2D eigenvalue weighted by molar-refractivity contribution is 7.98. The van der Waals surface area contributed by atoms with Crippen LogP contribution in [0.1, 0.15) is 39.1 Å².